The van der Waals surface area contributed by atoms with E-state index in [1.54, 1.807) is 24.3 Å². The fourth-order valence-corrected chi connectivity index (χ4v) is 2.79. The molecule has 112 valence electrons. The second-order valence-electron chi connectivity index (χ2n) is 5.29. The lowest BCUT2D eigenvalue weighted by atomic mass is 10.2. The minimum absolute atomic E-state index is 0.123. The number of carbonyl (C=O) groups is 2. The van der Waals surface area contributed by atoms with Crippen molar-refractivity contribution >= 4 is 34.8 Å². The summed E-state index contributed by atoms with van der Waals surface area (Å²) in [5, 5.41) is 3.52. The van der Waals surface area contributed by atoms with E-state index < -0.39 is 6.04 Å². The average molecular weight is 315 g/mol. The molecule has 1 fully saturated rings. The summed E-state index contributed by atoms with van der Waals surface area (Å²) in [5.74, 6) is -0.525. The highest BCUT2D eigenvalue weighted by Crippen LogP contribution is 2.30. The summed E-state index contributed by atoms with van der Waals surface area (Å²) in [6.07, 6.45) is 0.123. The number of carbonyl (C=O) groups excluding carboxylic acids is 2. The van der Waals surface area contributed by atoms with Crippen LogP contribution < -0.4 is 10.2 Å². The van der Waals surface area contributed by atoms with E-state index in [4.69, 9.17) is 11.6 Å². The Bertz CT molecular complexity index is 745. The number of hydrogen-bond acceptors (Lipinski definition) is 3. The van der Waals surface area contributed by atoms with Crippen molar-refractivity contribution in [3.63, 3.8) is 0 Å². The Hall–Kier alpha value is -2.33. The van der Waals surface area contributed by atoms with Crippen LogP contribution in [-0.2, 0) is 9.59 Å². The number of amides is 2. The summed E-state index contributed by atoms with van der Waals surface area (Å²) >= 11 is 6.10. The molecule has 0 spiro atoms. The molecular formula is C17H15ClN2O2. The van der Waals surface area contributed by atoms with Crippen molar-refractivity contribution in [1.82, 2.24) is 0 Å². The largest absolute Gasteiger partial charge is 0.373 e. The molecule has 0 aromatic heterocycles. The number of aryl methyl sites for hydroxylation is 1. The van der Waals surface area contributed by atoms with Gasteiger partial charge < -0.3 is 5.32 Å². The SMILES string of the molecule is Cc1cccc(NC2CC(=O)N(c3ccccc3Cl)C2=O)c1. The van der Waals surface area contributed by atoms with Crippen molar-refractivity contribution in [2.24, 2.45) is 0 Å². The molecule has 1 atom stereocenters. The van der Waals surface area contributed by atoms with Crippen LogP contribution in [0.25, 0.3) is 0 Å². The number of nitrogens with zero attached hydrogens (tertiary/aromatic N) is 1. The van der Waals surface area contributed by atoms with Crippen LogP contribution >= 0.6 is 11.6 Å². The zero-order valence-corrected chi connectivity index (χ0v) is 12.8. The van der Waals surface area contributed by atoms with Gasteiger partial charge in [-0.15, -0.1) is 0 Å². The van der Waals surface area contributed by atoms with Gasteiger partial charge in [0.05, 0.1) is 17.1 Å². The van der Waals surface area contributed by atoms with Crippen LogP contribution in [0.3, 0.4) is 0 Å². The van der Waals surface area contributed by atoms with Crippen LogP contribution in [0.5, 0.6) is 0 Å². The number of anilines is 2. The van der Waals surface area contributed by atoms with Crippen molar-refractivity contribution in [1.29, 1.82) is 0 Å². The number of nitrogens with one attached hydrogen (secondary N) is 1. The maximum absolute atomic E-state index is 12.5. The van der Waals surface area contributed by atoms with Gasteiger partial charge >= 0.3 is 0 Å². The van der Waals surface area contributed by atoms with E-state index in [-0.39, 0.29) is 18.2 Å². The third-order valence-electron chi connectivity index (χ3n) is 3.60. The van der Waals surface area contributed by atoms with Crippen LogP contribution in [0, 0.1) is 6.92 Å². The molecule has 5 heteroatoms. The van der Waals surface area contributed by atoms with Crippen LogP contribution in [-0.4, -0.2) is 17.9 Å². The first-order chi connectivity index (χ1) is 10.6. The molecule has 1 aliphatic rings. The second kappa shape index (κ2) is 5.81. The zero-order chi connectivity index (χ0) is 15.7. The predicted molar refractivity (Wildman–Crippen MR) is 87.2 cm³/mol. The number of rotatable bonds is 3. The van der Waals surface area contributed by atoms with Gasteiger partial charge in [-0.25, -0.2) is 4.90 Å². The van der Waals surface area contributed by atoms with Crippen LogP contribution in [0.4, 0.5) is 11.4 Å². The standard InChI is InChI=1S/C17H15ClN2O2/c1-11-5-4-6-12(9-11)19-14-10-16(21)20(17(14)22)15-8-3-2-7-13(15)18/h2-9,14,19H,10H2,1H3. The Morgan fingerprint density at radius 3 is 2.64 bits per heavy atom. The fraction of sp³-hybridized carbons (Fsp3) is 0.176. The Balaban J connectivity index is 1.84. The topological polar surface area (TPSA) is 49.4 Å². The first-order valence-electron chi connectivity index (χ1n) is 7.01. The van der Waals surface area contributed by atoms with Crippen molar-refractivity contribution < 1.29 is 9.59 Å². The van der Waals surface area contributed by atoms with Gasteiger partial charge in [0.2, 0.25) is 5.91 Å². The summed E-state index contributed by atoms with van der Waals surface area (Å²) in [4.78, 5) is 25.9. The maximum Gasteiger partial charge on any atom is 0.256 e. The molecule has 1 N–H and O–H groups in total. The Morgan fingerprint density at radius 2 is 1.91 bits per heavy atom. The summed E-state index contributed by atoms with van der Waals surface area (Å²) in [7, 11) is 0. The molecule has 1 unspecified atom stereocenters. The number of imide groups is 1. The van der Waals surface area contributed by atoms with E-state index in [0.29, 0.717) is 10.7 Å². The van der Waals surface area contributed by atoms with Gasteiger partial charge in [-0.1, -0.05) is 35.9 Å². The molecule has 0 saturated carbocycles. The van der Waals surface area contributed by atoms with Gasteiger partial charge in [0.15, 0.2) is 0 Å². The molecule has 2 aromatic carbocycles. The fourth-order valence-electron chi connectivity index (χ4n) is 2.57. The molecule has 22 heavy (non-hydrogen) atoms. The number of benzene rings is 2. The minimum atomic E-state index is -0.564. The third-order valence-corrected chi connectivity index (χ3v) is 3.92. The highest BCUT2D eigenvalue weighted by molar-refractivity contribution is 6.36. The van der Waals surface area contributed by atoms with E-state index in [1.807, 2.05) is 31.2 Å². The number of hydrogen-bond donors (Lipinski definition) is 1. The van der Waals surface area contributed by atoms with Crippen molar-refractivity contribution in [2.75, 3.05) is 10.2 Å². The number of halogens is 1. The summed E-state index contributed by atoms with van der Waals surface area (Å²) in [6, 6.07) is 14.0. The quantitative estimate of drug-likeness (QED) is 0.883. The molecule has 1 saturated heterocycles. The Labute approximate surface area is 133 Å². The van der Waals surface area contributed by atoms with Crippen LogP contribution in [0.2, 0.25) is 5.02 Å². The van der Waals surface area contributed by atoms with E-state index in [1.165, 1.54) is 0 Å². The van der Waals surface area contributed by atoms with E-state index in [9.17, 15) is 9.59 Å². The second-order valence-corrected chi connectivity index (χ2v) is 5.70. The molecule has 4 nitrogen and oxygen atoms in total. The molecule has 2 aromatic rings. The summed E-state index contributed by atoms with van der Waals surface area (Å²) in [6.45, 7) is 1.98. The highest BCUT2D eigenvalue weighted by Gasteiger charge is 2.40. The molecule has 0 bridgehead atoms. The molecule has 3 rings (SSSR count). The number of para-hydroxylation sites is 1. The van der Waals surface area contributed by atoms with Gasteiger partial charge in [0.1, 0.15) is 6.04 Å². The van der Waals surface area contributed by atoms with Gasteiger partial charge in [0, 0.05) is 5.69 Å². The Kier molecular flexibility index (Phi) is 3.86. The monoisotopic (exact) mass is 314 g/mol. The molecule has 0 aliphatic carbocycles. The molecular weight excluding hydrogens is 300 g/mol. The third kappa shape index (κ3) is 2.70. The van der Waals surface area contributed by atoms with Gasteiger partial charge in [0.25, 0.3) is 5.91 Å². The van der Waals surface area contributed by atoms with Crippen LogP contribution in [0.1, 0.15) is 12.0 Å². The lowest BCUT2D eigenvalue weighted by molar-refractivity contribution is -0.121. The summed E-state index contributed by atoms with van der Waals surface area (Å²) < 4.78 is 0. The Morgan fingerprint density at radius 1 is 1.14 bits per heavy atom. The van der Waals surface area contributed by atoms with Gasteiger partial charge in [-0.05, 0) is 36.8 Å². The molecule has 1 aliphatic heterocycles. The minimum Gasteiger partial charge on any atom is -0.373 e. The smallest absolute Gasteiger partial charge is 0.256 e. The van der Waals surface area contributed by atoms with Crippen molar-refractivity contribution in [2.45, 2.75) is 19.4 Å². The maximum atomic E-state index is 12.5. The first kappa shape index (κ1) is 14.6. The molecule has 2 amide bonds. The zero-order valence-electron chi connectivity index (χ0n) is 12.0. The van der Waals surface area contributed by atoms with E-state index >= 15 is 0 Å². The lowest BCUT2D eigenvalue weighted by Crippen LogP contribution is -2.35. The lowest BCUT2D eigenvalue weighted by Gasteiger charge is -2.17. The average Bonchev–Trinajstić information content (AvgIpc) is 2.74. The first-order valence-corrected chi connectivity index (χ1v) is 7.38. The van der Waals surface area contributed by atoms with Crippen LogP contribution in [0.15, 0.2) is 48.5 Å². The van der Waals surface area contributed by atoms with Crippen molar-refractivity contribution in [3.8, 4) is 0 Å². The van der Waals surface area contributed by atoms with Gasteiger partial charge in [-0.3, -0.25) is 9.59 Å². The normalized spacial score (nSPS) is 17.9. The van der Waals surface area contributed by atoms with Gasteiger partial charge in [-0.2, -0.15) is 0 Å². The highest BCUT2D eigenvalue weighted by atomic mass is 35.5. The van der Waals surface area contributed by atoms with E-state index in [0.717, 1.165) is 16.2 Å². The van der Waals surface area contributed by atoms with Crippen molar-refractivity contribution in [3.05, 3.63) is 59.1 Å². The molecule has 1 heterocycles. The molecule has 0 radical (unpaired) electrons. The van der Waals surface area contributed by atoms with E-state index in [2.05, 4.69) is 5.32 Å². The predicted octanol–water partition coefficient (Wildman–Crippen LogP) is 3.39. The summed E-state index contributed by atoms with van der Waals surface area (Å²) in [5.41, 5.74) is 2.35.